The number of carbonyl (C=O) groups excluding carboxylic acids is 1. The van der Waals surface area contributed by atoms with E-state index < -0.39 is 12.0 Å². The van der Waals surface area contributed by atoms with E-state index in [0.29, 0.717) is 27.2 Å². The van der Waals surface area contributed by atoms with Crippen molar-refractivity contribution in [1.29, 1.82) is 0 Å². The summed E-state index contributed by atoms with van der Waals surface area (Å²) in [7, 11) is 0. The molecule has 0 aliphatic carbocycles. The van der Waals surface area contributed by atoms with Crippen LogP contribution in [-0.2, 0) is 9.53 Å². The van der Waals surface area contributed by atoms with Crippen LogP contribution in [0.25, 0.3) is 11.8 Å². The number of fused-ring (bicyclic) bond motifs is 1. The predicted octanol–water partition coefficient (Wildman–Crippen LogP) is 5.37. The van der Waals surface area contributed by atoms with Gasteiger partial charge in [0.05, 0.1) is 35.1 Å². The first-order valence-corrected chi connectivity index (χ1v) is 14.7. The number of esters is 1. The number of ether oxygens (including phenoxy) is 2. The lowest BCUT2D eigenvalue weighted by molar-refractivity contribution is -0.139. The van der Waals surface area contributed by atoms with Gasteiger partial charge < -0.3 is 14.0 Å². The highest BCUT2D eigenvalue weighted by molar-refractivity contribution is 9.10. The van der Waals surface area contributed by atoms with Crippen LogP contribution in [0.5, 0.6) is 5.75 Å². The molecule has 40 heavy (non-hydrogen) atoms. The Morgan fingerprint density at radius 1 is 1.07 bits per heavy atom. The van der Waals surface area contributed by atoms with E-state index in [1.54, 1.807) is 18.4 Å². The van der Waals surface area contributed by atoms with E-state index in [1.165, 1.54) is 11.3 Å². The Labute approximate surface area is 244 Å². The SMILES string of the molecule is CCOC(=O)C1=C(C)N=c2s/c(=C\c3cc(C)n(-c4cccc(Br)c4)c3C)c(=O)n2[C@@H]1c1ccc(OCC)cc1. The molecule has 0 spiro atoms. The summed E-state index contributed by atoms with van der Waals surface area (Å²) in [5.41, 5.74) is 5.54. The van der Waals surface area contributed by atoms with Crippen molar-refractivity contribution >= 4 is 39.3 Å². The fourth-order valence-corrected chi connectivity index (χ4v) is 6.53. The van der Waals surface area contributed by atoms with Crippen LogP contribution in [0, 0.1) is 13.8 Å². The zero-order valence-electron chi connectivity index (χ0n) is 23.0. The lowest BCUT2D eigenvalue weighted by Crippen LogP contribution is -2.39. The first-order valence-electron chi connectivity index (χ1n) is 13.1. The number of allylic oxidation sites excluding steroid dienone is 1. The zero-order chi connectivity index (χ0) is 28.6. The van der Waals surface area contributed by atoms with Gasteiger partial charge in [0.25, 0.3) is 5.56 Å². The number of halogens is 1. The van der Waals surface area contributed by atoms with Crippen molar-refractivity contribution in [3.05, 3.63) is 113 Å². The van der Waals surface area contributed by atoms with Gasteiger partial charge in [-0.3, -0.25) is 9.36 Å². The molecular formula is C31H30BrN3O4S. The smallest absolute Gasteiger partial charge is 0.338 e. The van der Waals surface area contributed by atoms with Gasteiger partial charge in [-0.05, 0) is 88.2 Å². The Kier molecular flexibility index (Phi) is 7.96. The number of hydrogen-bond acceptors (Lipinski definition) is 6. The fraction of sp³-hybridized carbons (Fsp3) is 0.258. The average Bonchev–Trinajstić information content (AvgIpc) is 3.38. The van der Waals surface area contributed by atoms with Crippen LogP contribution in [0.2, 0.25) is 0 Å². The summed E-state index contributed by atoms with van der Waals surface area (Å²) < 4.78 is 16.3. The number of benzene rings is 2. The first-order chi connectivity index (χ1) is 19.2. The average molecular weight is 621 g/mol. The number of aromatic nitrogens is 2. The van der Waals surface area contributed by atoms with Crippen molar-refractivity contribution in [2.24, 2.45) is 4.99 Å². The molecule has 0 saturated heterocycles. The topological polar surface area (TPSA) is 74.8 Å². The summed E-state index contributed by atoms with van der Waals surface area (Å²) in [6, 6.07) is 17.0. The molecule has 0 saturated carbocycles. The number of aryl methyl sites for hydroxylation is 1. The zero-order valence-corrected chi connectivity index (χ0v) is 25.4. The van der Waals surface area contributed by atoms with E-state index in [-0.39, 0.29) is 12.2 Å². The molecule has 1 aliphatic heterocycles. The third kappa shape index (κ3) is 5.11. The number of hydrogen-bond donors (Lipinski definition) is 0. The van der Waals surface area contributed by atoms with E-state index in [9.17, 15) is 9.59 Å². The normalized spacial score (nSPS) is 15.2. The summed E-state index contributed by atoms with van der Waals surface area (Å²) in [6.45, 7) is 10.3. The van der Waals surface area contributed by atoms with Crippen molar-refractivity contribution < 1.29 is 14.3 Å². The Bertz CT molecular complexity index is 1810. The van der Waals surface area contributed by atoms with Gasteiger partial charge in [-0.2, -0.15) is 0 Å². The maximum absolute atomic E-state index is 14.0. The second-order valence-electron chi connectivity index (χ2n) is 9.45. The van der Waals surface area contributed by atoms with Gasteiger partial charge in [0, 0.05) is 21.5 Å². The third-order valence-electron chi connectivity index (χ3n) is 6.85. The van der Waals surface area contributed by atoms with Gasteiger partial charge >= 0.3 is 5.97 Å². The molecule has 0 bridgehead atoms. The largest absolute Gasteiger partial charge is 0.494 e. The molecule has 0 amide bonds. The van der Waals surface area contributed by atoms with Crippen LogP contribution < -0.4 is 19.6 Å². The van der Waals surface area contributed by atoms with Gasteiger partial charge in [-0.25, -0.2) is 9.79 Å². The number of thiazole rings is 1. The second-order valence-corrected chi connectivity index (χ2v) is 11.4. The molecule has 4 aromatic rings. The van der Waals surface area contributed by atoms with Crippen LogP contribution in [-0.4, -0.2) is 28.3 Å². The van der Waals surface area contributed by atoms with Gasteiger partial charge in [-0.15, -0.1) is 0 Å². The number of carbonyl (C=O) groups is 1. The molecule has 206 valence electrons. The van der Waals surface area contributed by atoms with Gasteiger partial charge in [-0.1, -0.05) is 45.5 Å². The lowest BCUT2D eigenvalue weighted by Gasteiger charge is -2.24. The van der Waals surface area contributed by atoms with Crippen molar-refractivity contribution in [2.45, 2.75) is 40.7 Å². The minimum atomic E-state index is -0.665. The van der Waals surface area contributed by atoms with E-state index in [1.807, 2.05) is 63.2 Å². The second kappa shape index (κ2) is 11.4. The monoisotopic (exact) mass is 619 g/mol. The summed E-state index contributed by atoms with van der Waals surface area (Å²) in [4.78, 5) is 32.4. The summed E-state index contributed by atoms with van der Waals surface area (Å²) >= 11 is 4.88. The van der Waals surface area contributed by atoms with Crippen LogP contribution in [0.15, 0.2) is 80.1 Å². The van der Waals surface area contributed by atoms with Crippen molar-refractivity contribution in [1.82, 2.24) is 9.13 Å². The molecule has 2 aromatic carbocycles. The Hall–Kier alpha value is -3.69. The molecule has 0 N–H and O–H groups in total. The molecule has 0 fully saturated rings. The standard InChI is InChI=1S/C31H30BrN3O4S/c1-6-38-25-13-11-21(12-14-25)28-27(30(37)39-7-2)19(4)33-31-35(28)29(36)26(40-31)16-22-15-18(3)34(20(22)5)24-10-8-9-23(32)17-24/h8-17,28H,6-7H2,1-5H3/b26-16-/t28-/m1/s1. The molecule has 1 aliphatic rings. The quantitative estimate of drug-likeness (QED) is 0.261. The third-order valence-corrected chi connectivity index (χ3v) is 8.32. The number of rotatable bonds is 7. The first kappa shape index (κ1) is 27.9. The maximum atomic E-state index is 14.0. The van der Waals surface area contributed by atoms with Gasteiger partial charge in [0.1, 0.15) is 5.75 Å². The van der Waals surface area contributed by atoms with Gasteiger partial charge in [0.2, 0.25) is 0 Å². The Balaban J connectivity index is 1.67. The molecule has 0 unspecified atom stereocenters. The summed E-state index contributed by atoms with van der Waals surface area (Å²) in [5, 5.41) is 0. The van der Waals surface area contributed by atoms with Crippen LogP contribution >= 0.6 is 27.3 Å². The molecule has 3 heterocycles. The minimum Gasteiger partial charge on any atom is -0.494 e. The summed E-state index contributed by atoms with van der Waals surface area (Å²) in [5.74, 6) is 0.243. The molecular weight excluding hydrogens is 590 g/mol. The maximum Gasteiger partial charge on any atom is 0.338 e. The van der Waals surface area contributed by atoms with Gasteiger partial charge in [0.15, 0.2) is 4.80 Å². The van der Waals surface area contributed by atoms with Crippen molar-refractivity contribution in [2.75, 3.05) is 13.2 Å². The molecule has 2 aromatic heterocycles. The van der Waals surface area contributed by atoms with E-state index in [4.69, 9.17) is 9.47 Å². The van der Waals surface area contributed by atoms with Crippen molar-refractivity contribution in [3.8, 4) is 11.4 Å². The van der Waals surface area contributed by atoms with Crippen LogP contribution in [0.3, 0.4) is 0 Å². The lowest BCUT2D eigenvalue weighted by atomic mass is 9.96. The molecule has 7 nitrogen and oxygen atoms in total. The highest BCUT2D eigenvalue weighted by atomic mass is 79.9. The van der Waals surface area contributed by atoms with Crippen LogP contribution in [0.4, 0.5) is 0 Å². The Morgan fingerprint density at radius 2 is 1.82 bits per heavy atom. The Morgan fingerprint density at radius 3 is 2.50 bits per heavy atom. The van der Waals surface area contributed by atoms with Crippen molar-refractivity contribution in [3.63, 3.8) is 0 Å². The minimum absolute atomic E-state index is 0.204. The van der Waals surface area contributed by atoms with E-state index in [0.717, 1.165) is 38.4 Å². The van der Waals surface area contributed by atoms with E-state index >= 15 is 0 Å². The molecule has 5 rings (SSSR count). The highest BCUT2D eigenvalue weighted by Crippen LogP contribution is 2.32. The molecule has 1 atom stereocenters. The molecule has 9 heteroatoms. The molecule has 0 radical (unpaired) electrons. The van der Waals surface area contributed by atoms with E-state index in [2.05, 4.69) is 43.7 Å². The summed E-state index contributed by atoms with van der Waals surface area (Å²) in [6.07, 6.45) is 1.92. The fourth-order valence-electron chi connectivity index (χ4n) is 5.11. The number of nitrogens with zero attached hydrogens (tertiary/aromatic N) is 3. The highest BCUT2D eigenvalue weighted by Gasteiger charge is 2.33. The predicted molar refractivity (Wildman–Crippen MR) is 161 cm³/mol. The van der Waals surface area contributed by atoms with Crippen LogP contribution in [0.1, 0.15) is 49.3 Å².